The van der Waals surface area contributed by atoms with Gasteiger partial charge in [-0.3, -0.25) is 9.59 Å². The third kappa shape index (κ3) is 3.97. The van der Waals surface area contributed by atoms with E-state index in [1.54, 1.807) is 48.5 Å². The van der Waals surface area contributed by atoms with Crippen LogP contribution in [0.25, 0.3) is 11.1 Å². The highest BCUT2D eigenvalue weighted by Gasteiger charge is 2.27. The molecule has 0 atom stereocenters. The minimum absolute atomic E-state index is 0.0766. The van der Waals surface area contributed by atoms with Crippen LogP contribution in [0.5, 0.6) is 0 Å². The number of fused-ring (bicyclic) bond motifs is 3. The van der Waals surface area contributed by atoms with Crippen LogP contribution in [-0.2, 0) is 21.3 Å². The van der Waals surface area contributed by atoms with Crippen LogP contribution in [0.15, 0.2) is 71.6 Å². The van der Waals surface area contributed by atoms with E-state index in [9.17, 15) is 18.0 Å². The summed E-state index contributed by atoms with van der Waals surface area (Å²) in [5, 5.41) is 2.84. The number of rotatable bonds is 5. The number of amides is 1. The SMILES string of the molecule is O=C(NCc1ccc(S(=O)(=O)N2CCOCC2)cc1)c1ccc2c(c1)C(=O)c1ccccc1-2. The van der Waals surface area contributed by atoms with Gasteiger partial charge in [0.15, 0.2) is 5.78 Å². The summed E-state index contributed by atoms with van der Waals surface area (Å²) in [7, 11) is -3.55. The molecule has 8 heteroatoms. The van der Waals surface area contributed by atoms with Crippen LogP contribution >= 0.6 is 0 Å². The molecule has 0 aromatic heterocycles. The molecule has 0 spiro atoms. The van der Waals surface area contributed by atoms with E-state index in [0.717, 1.165) is 16.7 Å². The molecular weight excluding hydrogens is 440 g/mol. The zero-order valence-electron chi connectivity index (χ0n) is 17.8. The molecule has 3 aromatic carbocycles. The molecule has 5 rings (SSSR count). The molecule has 2 aliphatic rings. The fraction of sp³-hybridized carbons (Fsp3) is 0.200. The van der Waals surface area contributed by atoms with Gasteiger partial charge in [-0.1, -0.05) is 42.5 Å². The molecule has 1 aliphatic carbocycles. The smallest absolute Gasteiger partial charge is 0.251 e. The number of morpholine rings is 1. The van der Waals surface area contributed by atoms with Crippen LogP contribution in [0.4, 0.5) is 0 Å². The average molecular weight is 463 g/mol. The van der Waals surface area contributed by atoms with Gasteiger partial charge in [-0.05, 0) is 41.0 Å². The third-order valence-corrected chi connectivity index (χ3v) is 7.89. The normalized spacial score (nSPS) is 15.7. The number of ketones is 1. The van der Waals surface area contributed by atoms with Crippen LogP contribution in [-0.4, -0.2) is 50.7 Å². The Balaban J connectivity index is 1.26. The number of carbonyl (C=O) groups is 2. The monoisotopic (exact) mass is 462 g/mol. The van der Waals surface area contributed by atoms with E-state index in [4.69, 9.17) is 4.74 Å². The van der Waals surface area contributed by atoms with Crippen molar-refractivity contribution in [1.82, 2.24) is 9.62 Å². The molecule has 1 N–H and O–H groups in total. The van der Waals surface area contributed by atoms with Crippen LogP contribution in [0.1, 0.15) is 31.8 Å². The minimum atomic E-state index is -3.55. The fourth-order valence-electron chi connectivity index (χ4n) is 4.17. The summed E-state index contributed by atoms with van der Waals surface area (Å²) in [5.74, 6) is -0.376. The van der Waals surface area contributed by atoms with Crippen LogP contribution in [0.3, 0.4) is 0 Å². The first-order valence-electron chi connectivity index (χ1n) is 10.7. The van der Waals surface area contributed by atoms with Crippen molar-refractivity contribution >= 4 is 21.7 Å². The first kappa shape index (κ1) is 21.5. The van der Waals surface area contributed by atoms with Crippen molar-refractivity contribution in [2.24, 2.45) is 0 Å². The van der Waals surface area contributed by atoms with E-state index in [1.165, 1.54) is 4.31 Å². The Hall–Kier alpha value is -3.33. The molecule has 0 saturated carbocycles. The first-order chi connectivity index (χ1) is 15.9. The highest BCUT2D eigenvalue weighted by molar-refractivity contribution is 7.89. The maximum Gasteiger partial charge on any atom is 0.251 e. The molecule has 168 valence electrons. The quantitative estimate of drug-likeness (QED) is 0.492. The molecule has 1 aliphatic heterocycles. The lowest BCUT2D eigenvalue weighted by Gasteiger charge is -2.26. The Morgan fingerprint density at radius 1 is 0.879 bits per heavy atom. The number of sulfonamides is 1. The molecule has 0 bridgehead atoms. The topological polar surface area (TPSA) is 92.8 Å². The Kier molecular flexibility index (Phi) is 5.57. The van der Waals surface area contributed by atoms with Crippen molar-refractivity contribution in [2.45, 2.75) is 11.4 Å². The fourth-order valence-corrected chi connectivity index (χ4v) is 5.58. The second kappa shape index (κ2) is 8.55. The van der Waals surface area contributed by atoms with Gasteiger partial charge in [-0.25, -0.2) is 8.42 Å². The van der Waals surface area contributed by atoms with E-state index in [-0.39, 0.29) is 23.1 Å². The maximum atomic E-state index is 12.7. The molecule has 1 fully saturated rings. The van der Waals surface area contributed by atoms with Crippen LogP contribution in [0, 0.1) is 0 Å². The summed E-state index contributed by atoms with van der Waals surface area (Å²) in [6.45, 7) is 1.71. The first-order valence-corrected chi connectivity index (χ1v) is 12.1. The van der Waals surface area contributed by atoms with Gasteiger partial charge >= 0.3 is 0 Å². The van der Waals surface area contributed by atoms with Crippen molar-refractivity contribution in [3.63, 3.8) is 0 Å². The summed E-state index contributed by atoms with van der Waals surface area (Å²) in [6.07, 6.45) is 0. The summed E-state index contributed by atoms with van der Waals surface area (Å²) >= 11 is 0. The number of nitrogens with one attached hydrogen (secondary N) is 1. The molecular formula is C25H22N2O5S. The van der Waals surface area contributed by atoms with Gasteiger partial charge < -0.3 is 10.1 Å². The van der Waals surface area contributed by atoms with Gasteiger partial charge in [-0.2, -0.15) is 4.31 Å². The van der Waals surface area contributed by atoms with Crippen molar-refractivity contribution in [2.75, 3.05) is 26.3 Å². The van der Waals surface area contributed by atoms with Gasteiger partial charge in [-0.15, -0.1) is 0 Å². The van der Waals surface area contributed by atoms with E-state index >= 15 is 0 Å². The third-order valence-electron chi connectivity index (χ3n) is 5.97. The van der Waals surface area contributed by atoms with Gasteiger partial charge in [0, 0.05) is 36.3 Å². The zero-order valence-corrected chi connectivity index (χ0v) is 18.6. The molecule has 33 heavy (non-hydrogen) atoms. The van der Waals surface area contributed by atoms with E-state index in [0.29, 0.717) is 43.0 Å². The average Bonchev–Trinajstić information content (AvgIpc) is 3.15. The van der Waals surface area contributed by atoms with Gasteiger partial charge in [0.2, 0.25) is 10.0 Å². The zero-order chi connectivity index (χ0) is 23.0. The molecule has 7 nitrogen and oxygen atoms in total. The molecule has 3 aromatic rings. The Bertz CT molecular complexity index is 1340. The number of benzene rings is 3. The number of nitrogens with zero attached hydrogens (tertiary/aromatic N) is 1. The number of hydrogen-bond donors (Lipinski definition) is 1. The molecule has 0 radical (unpaired) electrons. The highest BCUT2D eigenvalue weighted by Crippen LogP contribution is 2.36. The Labute approximate surface area is 192 Å². The summed E-state index contributed by atoms with van der Waals surface area (Å²) in [5.41, 5.74) is 4.08. The summed E-state index contributed by atoms with van der Waals surface area (Å²) in [4.78, 5) is 25.6. The van der Waals surface area contributed by atoms with Crippen molar-refractivity contribution < 1.29 is 22.7 Å². The van der Waals surface area contributed by atoms with Crippen molar-refractivity contribution in [3.05, 3.63) is 89.0 Å². The van der Waals surface area contributed by atoms with E-state index in [1.807, 2.05) is 18.2 Å². The molecule has 1 heterocycles. The lowest BCUT2D eigenvalue weighted by molar-refractivity contribution is 0.0730. The summed E-state index contributed by atoms with van der Waals surface area (Å²) in [6, 6.07) is 19.0. The van der Waals surface area contributed by atoms with Gasteiger partial charge in [0.1, 0.15) is 0 Å². The second-order valence-corrected chi connectivity index (χ2v) is 9.92. The number of carbonyl (C=O) groups excluding carboxylic acids is 2. The highest BCUT2D eigenvalue weighted by atomic mass is 32.2. The molecule has 0 unspecified atom stereocenters. The predicted octanol–water partition coefficient (Wildman–Crippen LogP) is 2.85. The number of hydrogen-bond acceptors (Lipinski definition) is 5. The minimum Gasteiger partial charge on any atom is -0.379 e. The molecule has 1 saturated heterocycles. The Morgan fingerprint density at radius 3 is 2.27 bits per heavy atom. The standard InChI is InChI=1S/C25H22N2O5S/c28-24-22-4-2-1-3-20(22)21-10-7-18(15-23(21)24)25(29)26-16-17-5-8-19(9-6-17)33(30,31)27-11-13-32-14-12-27/h1-10,15H,11-14,16H2,(H,26,29). The lowest BCUT2D eigenvalue weighted by atomic mass is 10.0. The van der Waals surface area contributed by atoms with Gasteiger partial charge in [0.25, 0.3) is 5.91 Å². The van der Waals surface area contributed by atoms with Crippen molar-refractivity contribution in [3.8, 4) is 11.1 Å². The van der Waals surface area contributed by atoms with Gasteiger partial charge in [0.05, 0.1) is 18.1 Å². The Morgan fingerprint density at radius 2 is 1.55 bits per heavy atom. The largest absolute Gasteiger partial charge is 0.379 e. The lowest BCUT2D eigenvalue weighted by Crippen LogP contribution is -2.40. The second-order valence-electron chi connectivity index (χ2n) is 7.98. The van der Waals surface area contributed by atoms with Crippen molar-refractivity contribution in [1.29, 1.82) is 0 Å². The maximum absolute atomic E-state index is 12.7. The predicted molar refractivity (Wildman–Crippen MR) is 123 cm³/mol. The van der Waals surface area contributed by atoms with E-state index < -0.39 is 10.0 Å². The van der Waals surface area contributed by atoms with E-state index in [2.05, 4.69) is 5.32 Å². The van der Waals surface area contributed by atoms with Crippen LogP contribution < -0.4 is 5.32 Å². The molecule has 1 amide bonds. The van der Waals surface area contributed by atoms with Crippen LogP contribution in [0.2, 0.25) is 0 Å². The summed E-state index contributed by atoms with van der Waals surface area (Å²) < 4.78 is 32.1. The number of ether oxygens (including phenoxy) is 1.